The SMILES string of the molecule is COc1cc2nc(CCCl)n(CC3CCC3)c2cc1OC. The summed E-state index contributed by atoms with van der Waals surface area (Å²) in [7, 11) is 3.31. The van der Waals surface area contributed by atoms with Gasteiger partial charge in [-0.15, -0.1) is 11.6 Å². The van der Waals surface area contributed by atoms with Gasteiger partial charge in [0, 0.05) is 31.0 Å². The number of hydrogen-bond donors (Lipinski definition) is 0. The van der Waals surface area contributed by atoms with Crippen molar-refractivity contribution >= 4 is 22.6 Å². The normalized spacial score (nSPS) is 15.2. The third-order valence-electron chi connectivity index (χ3n) is 4.32. The summed E-state index contributed by atoms with van der Waals surface area (Å²) in [4.78, 5) is 4.74. The Labute approximate surface area is 130 Å². The number of benzene rings is 1. The van der Waals surface area contributed by atoms with E-state index in [1.807, 2.05) is 12.1 Å². The van der Waals surface area contributed by atoms with Crippen molar-refractivity contribution in [2.45, 2.75) is 32.2 Å². The van der Waals surface area contributed by atoms with Crippen LogP contribution in [0.25, 0.3) is 11.0 Å². The molecule has 1 saturated carbocycles. The van der Waals surface area contributed by atoms with Gasteiger partial charge in [-0.05, 0) is 18.8 Å². The predicted molar refractivity (Wildman–Crippen MR) is 84.6 cm³/mol. The van der Waals surface area contributed by atoms with Gasteiger partial charge in [-0.3, -0.25) is 0 Å². The molecule has 0 aliphatic heterocycles. The van der Waals surface area contributed by atoms with Crippen LogP contribution < -0.4 is 9.47 Å². The lowest BCUT2D eigenvalue weighted by Crippen LogP contribution is -2.19. The molecule has 1 aromatic carbocycles. The zero-order valence-electron chi connectivity index (χ0n) is 12.6. The Morgan fingerprint density at radius 2 is 1.95 bits per heavy atom. The Bertz CT molecular complexity index is 635. The summed E-state index contributed by atoms with van der Waals surface area (Å²) in [5.41, 5.74) is 2.06. The minimum Gasteiger partial charge on any atom is -0.493 e. The molecule has 0 radical (unpaired) electrons. The van der Waals surface area contributed by atoms with Crippen molar-refractivity contribution in [1.29, 1.82) is 0 Å². The van der Waals surface area contributed by atoms with Gasteiger partial charge in [-0.2, -0.15) is 0 Å². The largest absolute Gasteiger partial charge is 0.493 e. The smallest absolute Gasteiger partial charge is 0.163 e. The highest BCUT2D eigenvalue weighted by molar-refractivity contribution is 6.17. The van der Waals surface area contributed by atoms with Gasteiger partial charge in [-0.25, -0.2) is 4.98 Å². The van der Waals surface area contributed by atoms with Gasteiger partial charge in [0.1, 0.15) is 5.82 Å². The number of ether oxygens (including phenoxy) is 2. The van der Waals surface area contributed by atoms with E-state index in [-0.39, 0.29) is 0 Å². The molecule has 0 amide bonds. The van der Waals surface area contributed by atoms with E-state index < -0.39 is 0 Å². The maximum absolute atomic E-state index is 5.93. The molecule has 1 aliphatic rings. The predicted octanol–water partition coefficient (Wildman–Crippen LogP) is 3.63. The first kappa shape index (κ1) is 14.5. The summed E-state index contributed by atoms with van der Waals surface area (Å²) in [5, 5.41) is 0. The minimum atomic E-state index is 0.586. The van der Waals surface area contributed by atoms with Gasteiger partial charge in [0.05, 0.1) is 25.3 Å². The highest BCUT2D eigenvalue weighted by atomic mass is 35.5. The lowest BCUT2D eigenvalue weighted by molar-refractivity contribution is 0.277. The number of fused-ring (bicyclic) bond motifs is 1. The third kappa shape index (κ3) is 2.69. The first-order chi connectivity index (χ1) is 10.3. The van der Waals surface area contributed by atoms with Crippen molar-refractivity contribution in [3.63, 3.8) is 0 Å². The molecule has 0 unspecified atom stereocenters. The molecule has 1 fully saturated rings. The molecule has 114 valence electrons. The van der Waals surface area contributed by atoms with Crippen molar-refractivity contribution in [2.24, 2.45) is 5.92 Å². The van der Waals surface area contributed by atoms with E-state index in [4.69, 9.17) is 26.1 Å². The van der Waals surface area contributed by atoms with E-state index >= 15 is 0 Å². The van der Waals surface area contributed by atoms with Gasteiger partial charge in [0.2, 0.25) is 0 Å². The van der Waals surface area contributed by atoms with Crippen LogP contribution in [0.5, 0.6) is 11.5 Å². The zero-order chi connectivity index (χ0) is 14.8. The monoisotopic (exact) mass is 308 g/mol. The van der Waals surface area contributed by atoms with Crippen LogP contribution in [0.2, 0.25) is 0 Å². The van der Waals surface area contributed by atoms with E-state index in [0.29, 0.717) is 5.88 Å². The number of aryl methyl sites for hydroxylation is 1. The molecule has 5 heteroatoms. The van der Waals surface area contributed by atoms with Crippen molar-refractivity contribution in [3.8, 4) is 11.5 Å². The summed E-state index contributed by atoms with van der Waals surface area (Å²) in [6.45, 7) is 1.03. The summed E-state index contributed by atoms with van der Waals surface area (Å²) in [6.07, 6.45) is 4.76. The zero-order valence-corrected chi connectivity index (χ0v) is 13.3. The van der Waals surface area contributed by atoms with Gasteiger partial charge in [0.25, 0.3) is 0 Å². The van der Waals surface area contributed by atoms with Crippen LogP contribution in [-0.2, 0) is 13.0 Å². The van der Waals surface area contributed by atoms with Crippen LogP contribution in [0.15, 0.2) is 12.1 Å². The number of rotatable bonds is 6. The van der Waals surface area contributed by atoms with Gasteiger partial charge in [0.15, 0.2) is 11.5 Å². The number of aromatic nitrogens is 2. The molecule has 0 atom stereocenters. The van der Waals surface area contributed by atoms with Gasteiger partial charge in [-0.1, -0.05) is 6.42 Å². The second-order valence-electron chi connectivity index (χ2n) is 5.57. The Morgan fingerprint density at radius 1 is 1.24 bits per heavy atom. The highest BCUT2D eigenvalue weighted by Gasteiger charge is 2.22. The molecular formula is C16H21ClN2O2. The molecule has 0 N–H and O–H groups in total. The maximum atomic E-state index is 5.93. The molecule has 21 heavy (non-hydrogen) atoms. The number of halogens is 1. The number of methoxy groups -OCH3 is 2. The molecule has 1 heterocycles. The maximum Gasteiger partial charge on any atom is 0.163 e. The molecule has 1 aromatic heterocycles. The van der Waals surface area contributed by atoms with Gasteiger partial charge < -0.3 is 14.0 Å². The standard InChI is InChI=1S/C16H21ClN2O2/c1-20-14-8-12-13(9-15(14)21-2)19(10-11-4-3-5-11)16(18-12)6-7-17/h8-9,11H,3-7,10H2,1-2H3. The van der Waals surface area contributed by atoms with Crippen molar-refractivity contribution in [3.05, 3.63) is 18.0 Å². The molecule has 4 nitrogen and oxygen atoms in total. The average Bonchev–Trinajstić information content (AvgIpc) is 2.78. The fourth-order valence-corrected chi connectivity index (χ4v) is 3.08. The van der Waals surface area contributed by atoms with Crippen LogP contribution in [0.1, 0.15) is 25.1 Å². The Balaban J connectivity index is 2.08. The molecule has 0 spiro atoms. The lowest BCUT2D eigenvalue weighted by Gasteiger charge is -2.26. The number of alkyl halides is 1. The highest BCUT2D eigenvalue weighted by Crippen LogP contribution is 2.35. The fourth-order valence-electron chi connectivity index (χ4n) is 2.91. The van der Waals surface area contributed by atoms with Crippen LogP contribution in [0.4, 0.5) is 0 Å². The average molecular weight is 309 g/mol. The fraction of sp³-hybridized carbons (Fsp3) is 0.562. The van der Waals surface area contributed by atoms with Crippen LogP contribution in [0.3, 0.4) is 0 Å². The third-order valence-corrected chi connectivity index (χ3v) is 4.51. The van der Waals surface area contributed by atoms with Crippen molar-refractivity contribution in [2.75, 3.05) is 20.1 Å². The number of nitrogens with zero attached hydrogens (tertiary/aromatic N) is 2. The Hall–Kier alpha value is -1.42. The minimum absolute atomic E-state index is 0.586. The molecule has 0 saturated heterocycles. The van der Waals surface area contributed by atoms with Crippen LogP contribution in [-0.4, -0.2) is 29.7 Å². The Kier molecular flexibility index (Phi) is 4.24. The quantitative estimate of drug-likeness (QED) is 0.765. The Morgan fingerprint density at radius 3 is 2.52 bits per heavy atom. The molecule has 2 aromatic rings. The van der Waals surface area contributed by atoms with E-state index in [9.17, 15) is 0 Å². The van der Waals surface area contributed by atoms with Crippen molar-refractivity contribution in [1.82, 2.24) is 9.55 Å². The second-order valence-corrected chi connectivity index (χ2v) is 5.95. The molecule has 3 rings (SSSR count). The summed E-state index contributed by atoms with van der Waals surface area (Å²) in [5.74, 6) is 3.88. The van der Waals surface area contributed by atoms with Gasteiger partial charge >= 0.3 is 0 Å². The topological polar surface area (TPSA) is 36.3 Å². The molecular weight excluding hydrogens is 288 g/mol. The summed E-state index contributed by atoms with van der Waals surface area (Å²) in [6, 6.07) is 3.97. The van der Waals surface area contributed by atoms with Crippen LogP contribution in [0, 0.1) is 5.92 Å². The first-order valence-electron chi connectivity index (χ1n) is 7.44. The second kappa shape index (κ2) is 6.14. The van der Waals surface area contributed by atoms with Crippen molar-refractivity contribution < 1.29 is 9.47 Å². The lowest BCUT2D eigenvalue weighted by atomic mass is 9.85. The van der Waals surface area contributed by atoms with E-state index in [0.717, 1.165) is 47.2 Å². The van der Waals surface area contributed by atoms with E-state index in [1.165, 1.54) is 19.3 Å². The molecule has 0 bridgehead atoms. The van der Waals surface area contributed by atoms with Crippen LogP contribution >= 0.6 is 11.6 Å². The first-order valence-corrected chi connectivity index (χ1v) is 7.97. The number of imidazole rings is 1. The van der Waals surface area contributed by atoms with E-state index in [2.05, 4.69) is 4.57 Å². The summed E-state index contributed by atoms with van der Waals surface area (Å²) >= 11 is 5.93. The van der Waals surface area contributed by atoms with E-state index in [1.54, 1.807) is 14.2 Å². The number of hydrogen-bond acceptors (Lipinski definition) is 3. The molecule has 1 aliphatic carbocycles. The summed E-state index contributed by atoms with van der Waals surface area (Å²) < 4.78 is 13.1.